The quantitative estimate of drug-likeness (QED) is 0.579. The second-order valence-corrected chi connectivity index (χ2v) is 7.78. The normalized spacial score (nSPS) is 14.3. The van der Waals surface area contributed by atoms with Gasteiger partial charge in [0.2, 0.25) is 0 Å². The molecule has 7 nitrogen and oxygen atoms in total. The van der Waals surface area contributed by atoms with Crippen LogP contribution in [0.4, 0.5) is 5.69 Å². The molecule has 8 heteroatoms. The van der Waals surface area contributed by atoms with Crippen LogP contribution >= 0.6 is 11.3 Å². The zero-order valence-corrected chi connectivity index (χ0v) is 16.9. The zero-order valence-electron chi connectivity index (χ0n) is 16.1. The fourth-order valence-corrected chi connectivity index (χ4v) is 3.83. The molecule has 1 aliphatic heterocycles. The lowest BCUT2D eigenvalue weighted by molar-refractivity contribution is -0.152. The molecule has 2 heterocycles. The van der Waals surface area contributed by atoms with Crippen molar-refractivity contribution in [3.8, 4) is 0 Å². The van der Waals surface area contributed by atoms with E-state index in [0.717, 1.165) is 0 Å². The van der Waals surface area contributed by atoms with E-state index < -0.39 is 18.5 Å². The van der Waals surface area contributed by atoms with Crippen LogP contribution in [0.2, 0.25) is 0 Å². The largest absolute Gasteiger partial charge is 0.455 e. The molecule has 2 aromatic rings. The summed E-state index contributed by atoms with van der Waals surface area (Å²) in [7, 11) is 0. The third kappa shape index (κ3) is 5.51. The van der Waals surface area contributed by atoms with Crippen LogP contribution in [0, 0.1) is 5.92 Å². The number of carbonyl (C=O) groups excluding carboxylic acids is 4. The van der Waals surface area contributed by atoms with Crippen LogP contribution in [-0.4, -0.2) is 48.2 Å². The number of hydrogen-bond donors (Lipinski definition) is 1. The number of ether oxygens (including phenoxy) is 1. The SMILES string of the molecule is CC(=O)c1cccc(NC(=O)COC(=O)C2CCN(C(=O)c3cccs3)CC2)c1. The minimum Gasteiger partial charge on any atom is -0.455 e. The highest BCUT2D eigenvalue weighted by molar-refractivity contribution is 7.12. The van der Waals surface area contributed by atoms with E-state index in [1.807, 2.05) is 11.4 Å². The van der Waals surface area contributed by atoms with Crippen molar-refractivity contribution in [2.24, 2.45) is 5.92 Å². The molecule has 2 amide bonds. The average molecular weight is 414 g/mol. The summed E-state index contributed by atoms with van der Waals surface area (Å²) >= 11 is 1.40. The van der Waals surface area contributed by atoms with E-state index in [-0.39, 0.29) is 17.6 Å². The Morgan fingerprint density at radius 3 is 2.55 bits per heavy atom. The van der Waals surface area contributed by atoms with Gasteiger partial charge in [0.15, 0.2) is 12.4 Å². The van der Waals surface area contributed by atoms with Crippen LogP contribution in [0.3, 0.4) is 0 Å². The first-order chi connectivity index (χ1) is 13.9. The molecule has 1 saturated heterocycles. The fourth-order valence-electron chi connectivity index (χ4n) is 3.14. The third-order valence-corrected chi connectivity index (χ3v) is 5.60. The number of amides is 2. The van der Waals surface area contributed by atoms with Gasteiger partial charge in [0.05, 0.1) is 10.8 Å². The first-order valence-corrected chi connectivity index (χ1v) is 10.2. The van der Waals surface area contributed by atoms with Crippen LogP contribution < -0.4 is 5.32 Å². The summed E-state index contributed by atoms with van der Waals surface area (Å²) in [5.74, 6) is -1.34. The summed E-state index contributed by atoms with van der Waals surface area (Å²) in [6.45, 7) is 2.03. The van der Waals surface area contributed by atoms with Crippen LogP contribution in [0.1, 0.15) is 39.8 Å². The van der Waals surface area contributed by atoms with Crippen molar-refractivity contribution in [2.45, 2.75) is 19.8 Å². The number of thiophene rings is 1. The molecule has 0 atom stereocenters. The molecule has 0 unspecified atom stereocenters. The highest BCUT2D eigenvalue weighted by Gasteiger charge is 2.29. The molecule has 0 aliphatic carbocycles. The van der Waals surface area contributed by atoms with E-state index in [4.69, 9.17) is 4.74 Å². The summed E-state index contributed by atoms with van der Waals surface area (Å²) in [5, 5.41) is 4.47. The lowest BCUT2D eigenvalue weighted by Gasteiger charge is -2.30. The van der Waals surface area contributed by atoms with Gasteiger partial charge < -0.3 is 15.0 Å². The molecule has 0 bridgehead atoms. The van der Waals surface area contributed by atoms with E-state index in [1.54, 1.807) is 35.2 Å². The Bertz CT molecular complexity index is 902. The van der Waals surface area contributed by atoms with E-state index in [9.17, 15) is 19.2 Å². The molecule has 1 N–H and O–H groups in total. The molecular formula is C21H22N2O5S. The molecule has 1 fully saturated rings. The Morgan fingerprint density at radius 2 is 1.90 bits per heavy atom. The van der Waals surface area contributed by atoms with Crippen molar-refractivity contribution in [1.82, 2.24) is 4.90 Å². The van der Waals surface area contributed by atoms with Crippen molar-refractivity contribution >= 4 is 40.6 Å². The third-order valence-electron chi connectivity index (χ3n) is 4.75. The summed E-state index contributed by atoms with van der Waals surface area (Å²) in [6, 6.07) is 10.2. The summed E-state index contributed by atoms with van der Waals surface area (Å²) < 4.78 is 5.14. The number of nitrogens with one attached hydrogen (secondary N) is 1. The maximum atomic E-state index is 12.3. The molecular weight excluding hydrogens is 392 g/mol. The minimum atomic E-state index is -0.468. The zero-order chi connectivity index (χ0) is 20.8. The Labute approximate surface area is 172 Å². The number of anilines is 1. The topological polar surface area (TPSA) is 92.8 Å². The van der Waals surface area contributed by atoms with Gasteiger partial charge in [-0.2, -0.15) is 0 Å². The molecule has 1 aromatic carbocycles. The number of Topliss-reactive ketones (excluding diaryl/α,β-unsaturated/α-hetero) is 1. The summed E-state index contributed by atoms with van der Waals surface area (Å²) in [6.07, 6.45) is 1.02. The second kappa shape index (κ2) is 9.47. The Morgan fingerprint density at radius 1 is 1.14 bits per heavy atom. The maximum Gasteiger partial charge on any atom is 0.309 e. The van der Waals surface area contributed by atoms with Crippen molar-refractivity contribution in [3.05, 3.63) is 52.2 Å². The molecule has 0 spiro atoms. The van der Waals surface area contributed by atoms with E-state index in [2.05, 4.69) is 5.32 Å². The van der Waals surface area contributed by atoms with Crippen LogP contribution in [0.25, 0.3) is 0 Å². The molecule has 29 heavy (non-hydrogen) atoms. The minimum absolute atomic E-state index is 0.0148. The van der Waals surface area contributed by atoms with Gasteiger partial charge in [0, 0.05) is 24.3 Å². The number of nitrogens with zero attached hydrogens (tertiary/aromatic N) is 1. The van der Waals surface area contributed by atoms with Gasteiger partial charge in [-0.3, -0.25) is 19.2 Å². The van der Waals surface area contributed by atoms with Gasteiger partial charge >= 0.3 is 5.97 Å². The van der Waals surface area contributed by atoms with E-state index in [0.29, 0.717) is 42.1 Å². The monoisotopic (exact) mass is 414 g/mol. The van der Waals surface area contributed by atoms with Gasteiger partial charge in [0.1, 0.15) is 0 Å². The Kier molecular flexibility index (Phi) is 6.77. The van der Waals surface area contributed by atoms with Gasteiger partial charge in [-0.25, -0.2) is 0 Å². The number of carbonyl (C=O) groups is 4. The first-order valence-electron chi connectivity index (χ1n) is 9.34. The number of likely N-dealkylation sites (tertiary alicyclic amines) is 1. The lowest BCUT2D eigenvalue weighted by atomic mass is 9.97. The molecule has 3 rings (SSSR count). The van der Waals surface area contributed by atoms with E-state index >= 15 is 0 Å². The molecule has 0 saturated carbocycles. The predicted molar refractivity (Wildman–Crippen MR) is 109 cm³/mol. The van der Waals surface area contributed by atoms with E-state index in [1.165, 1.54) is 18.3 Å². The molecule has 1 aliphatic rings. The summed E-state index contributed by atoms with van der Waals surface area (Å²) in [5.41, 5.74) is 0.961. The Hall–Kier alpha value is -3.00. The summed E-state index contributed by atoms with van der Waals surface area (Å²) in [4.78, 5) is 50.5. The molecule has 152 valence electrons. The maximum absolute atomic E-state index is 12.3. The number of piperidine rings is 1. The number of hydrogen-bond acceptors (Lipinski definition) is 6. The smallest absolute Gasteiger partial charge is 0.309 e. The molecule has 0 radical (unpaired) electrons. The Balaban J connectivity index is 1.43. The standard InChI is InChI=1S/C21H22N2O5S/c1-14(24)16-4-2-5-17(12-16)22-19(25)13-28-21(27)15-7-9-23(10-8-15)20(26)18-6-3-11-29-18/h2-6,11-12,15H,7-10,13H2,1H3,(H,22,25). The van der Waals surface area contributed by atoms with Crippen LogP contribution in [0.15, 0.2) is 41.8 Å². The molecule has 1 aromatic heterocycles. The van der Waals surface area contributed by atoms with Gasteiger partial charge in [0.25, 0.3) is 11.8 Å². The van der Waals surface area contributed by atoms with Crippen molar-refractivity contribution in [2.75, 3.05) is 25.0 Å². The highest BCUT2D eigenvalue weighted by Crippen LogP contribution is 2.22. The number of esters is 1. The fraction of sp³-hybridized carbons (Fsp3) is 0.333. The van der Waals surface area contributed by atoms with Crippen molar-refractivity contribution in [1.29, 1.82) is 0 Å². The van der Waals surface area contributed by atoms with Gasteiger partial charge in [-0.15, -0.1) is 11.3 Å². The lowest BCUT2D eigenvalue weighted by Crippen LogP contribution is -2.40. The second-order valence-electron chi connectivity index (χ2n) is 6.84. The number of ketones is 1. The van der Waals surface area contributed by atoms with Crippen molar-refractivity contribution < 1.29 is 23.9 Å². The predicted octanol–water partition coefficient (Wildman–Crippen LogP) is 2.98. The highest BCUT2D eigenvalue weighted by atomic mass is 32.1. The van der Waals surface area contributed by atoms with Crippen LogP contribution in [0.5, 0.6) is 0 Å². The van der Waals surface area contributed by atoms with Crippen LogP contribution in [-0.2, 0) is 14.3 Å². The number of benzene rings is 1. The average Bonchev–Trinajstić information content (AvgIpc) is 3.26. The van der Waals surface area contributed by atoms with Gasteiger partial charge in [-0.1, -0.05) is 18.2 Å². The first kappa shape index (κ1) is 20.7. The number of rotatable bonds is 6. The van der Waals surface area contributed by atoms with Crippen molar-refractivity contribution in [3.63, 3.8) is 0 Å². The van der Waals surface area contributed by atoms with Gasteiger partial charge in [-0.05, 0) is 43.3 Å².